The molecule has 0 radical (unpaired) electrons. The number of benzene rings is 1. The van der Waals surface area contributed by atoms with E-state index in [1.807, 2.05) is 18.2 Å². The molecule has 72 valence electrons. The van der Waals surface area contributed by atoms with Crippen molar-refractivity contribution in [2.45, 2.75) is 25.7 Å². The Morgan fingerprint density at radius 2 is 2.00 bits per heavy atom. The van der Waals surface area contributed by atoms with Crippen LogP contribution >= 0.6 is 0 Å². The van der Waals surface area contributed by atoms with Gasteiger partial charge in [-0.25, -0.2) is 5.48 Å². The molecule has 2 heteroatoms. The molecular weight excluding hydrogens is 162 g/mol. The second-order valence-corrected chi connectivity index (χ2v) is 3.26. The Labute approximate surface area is 79.6 Å². The molecule has 0 bridgehead atoms. The van der Waals surface area contributed by atoms with Gasteiger partial charge in [0.25, 0.3) is 0 Å². The zero-order valence-electron chi connectivity index (χ0n) is 8.03. The van der Waals surface area contributed by atoms with Gasteiger partial charge >= 0.3 is 0 Å². The summed E-state index contributed by atoms with van der Waals surface area (Å²) < 4.78 is 0. The van der Waals surface area contributed by atoms with Crippen LogP contribution < -0.4 is 5.48 Å². The summed E-state index contributed by atoms with van der Waals surface area (Å²) in [7, 11) is 0. The molecular formula is C11H17NO. The topological polar surface area (TPSA) is 32.3 Å². The van der Waals surface area contributed by atoms with Crippen LogP contribution in [0.2, 0.25) is 0 Å². The normalized spacial score (nSPS) is 12.8. The molecule has 0 aliphatic rings. The van der Waals surface area contributed by atoms with Crippen molar-refractivity contribution >= 4 is 0 Å². The Morgan fingerprint density at radius 3 is 2.54 bits per heavy atom. The van der Waals surface area contributed by atoms with Crippen molar-refractivity contribution in [2.75, 3.05) is 6.54 Å². The minimum Gasteiger partial charge on any atom is -0.317 e. The lowest BCUT2D eigenvalue weighted by Gasteiger charge is -2.14. The zero-order valence-corrected chi connectivity index (χ0v) is 8.03. The lowest BCUT2D eigenvalue weighted by Crippen LogP contribution is -2.17. The van der Waals surface area contributed by atoms with E-state index in [0.717, 1.165) is 12.8 Å². The first-order valence-electron chi connectivity index (χ1n) is 4.80. The number of nitrogens with one attached hydrogen (secondary N) is 1. The third-order valence-electron chi connectivity index (χ3n) is 2.25. The van der Waals surface area contributed by atoms with Gasteiger partial charge in [0.2, 0.25) is 0 Å². The Morgan fingerprint density at radius 1 is 1.31 bits per heavy atom. The van der Waals surface area contributed by atoms with Crippen LogP contribution in [0.1, 0.15) is 31.2 Å². The van der Waals surface area contributed by atoms with E-state index in [2.05, 4.69) is 24.5 Å². The Kier molecular flexibility index (Phi) is 4.50. The van der Waals surface area contributed by atoms with Crippen molar-refractivity contribution in [1.82, 2.24) is 5.48 Å². The quantitative estimate of drug-likeness (QED) is 0.681. The summed E-state index contributed by atoms with van der Waals surface area (Å²) >= 11 is 0. The molecule has 0 fully saturated rings. The molecule has 0 saturated carbocycles. The number of hydrogen-bond donors (Lipinski definition) is 2. The number of hydrogen-bond acceptors (Lipinski definition) is 2. The molecule has 0 saturated heterocycles. The highest BCUT2D eigenvalue weighted by Crippen LogP contribution is 2.19. The molecule has 0 aromatic heterocycles. The third-order valence-corrected chi connectivity index (χ3v) is 2.25. The first-order chi connectivity index (χ1) is 6.38. The first kappa shape index (κ1) is 10.2. The van der Waals surface area contributed by atoms with Crippen LogP contribution in [-0.4, -0.2) is 11.8 Å². The van der Waals surface area contributed by atoms with Gasteiger partial charge in [-0.2, -0.15) is 0 Å². The van der Waals surface area contributed by atoms with Gasteiger partial charge in [0.15, 0.2) is 0 Å². The van der Waals surface area contributed by atoms with Gasteiger partial charge in [0, 0.05) is 6.54 Å². The molecule has 0 amide bonds. The average Bonchev–Trinajstić information content (AvgIpc) is 2.19. The fraction of sp³-hybridized carbons (Fsp3) is 0.455. The monoisotopic (exact) mass is 179 g/mol. The molecule has 0 spiro atoms. The van der Waals surface area contributed by atoms with E-state index >= 15 is 0 Å². The highest BCUT2D eigenvalue weighted by Gasteiger charge is 2.08. The molecule has 0 aliphatic heterocycles. The minimum atomic E-state index is 0.427. The lowest BCUT2D eigenvalue weighted by atomic mass is 9.95. The van der Waals surface area contributed by atoms with Gasteiger partial charge in [0.1, 0.15) is 0 Å². The van der Waals surface area contributed by atoms with Gasteiger partial charge in [-0.3, -0.25) is 0 Å². The van der Waals surface area contributed by atoms with Gasteiger partial charge in [-0.15, -0.1) is 0 Å². The number of hydroxylamine groups is 1. The summed E-state index contributed by atoms with van der Waals surface area (Å²) in [5.74, 6) is 0.427. The van der Waals surface area contributed by atoms with Crippen LogP contribution in [0.3, 0.4) is 0 Å². The fourth-order valence-corrected chi connectivity index (χ4v) is 1.57. The Balaban J connectivity index is 2.64. The molecule has 13 heavy (non-hydrogen) atoms. The summed E-state index contributed by atoms with van der Waals surface area (Å²) in [5.41, 5.74) is 3.55. The van der Waals surface area contributed by atoms with Crippen molar-refractivity contribution in [3.8, 4) is 0 Å². The van der Waals surface area contributed by atoms with Crippen LogP contribution in [0.25, 0.3) is 0 Å². The molecule has 1 unspecified atom stereocenters. The predicted octanol–water partition coefficient (Wildman–Crippen LogP) is 2.55. The molecule has 0 heterocycles. The van der Waals surface area contributed by atoms with E-state index in [1.165, 1.54) is 5.56 Å². The second-order valence-electron chi connectivity index (χ2n) is 3.26. The highest BCUT2D eigenvalue weighted by molar-refractivity contribution is 5.19. The molecule has 2 nitrogen and oxygen atoms in total. The first-order valence-corrected chi connectivity index (χ1v) is 4.80. The van der Waals surface area contributed by atoms with E-state index in [-0.39, 0.29) is 0 Å². The standard InChI is InChI=1S/C11H17NO/c1-2-6-11(9-12-13)10-7-4-3-5-8-10/h3-5,7-8,11-13H,2,6,9H2,1H3. The molecule has 1 aromatic carbocycles. The average molecular weight is 179 g/mol. The van der Waals surface area contributed by atoms with Crippen molar-refractivity contribution in [3.05, 3.63) is 35.9 Å². The maximum Gasteiger partial charge on any atom is 0.0276 e. The van der Waals surface area contributed by atoms with E-state index in [9.17, 15) is 0 Å². The maximum atomic E-state index is 8.67. The third kappa shape index (κ3) is 3.17. The summed E-state index contributed by atoms with van der Waals surface area (Å²) in [6, 6.07) is 10.3. The summed E-state index contributed by atoms with van der Waals surface area (Å²) in [6.07, 6.45) is 2.25. The van der Waals surface area contributed by atoms with Crippen LogP contribution in [0.4, 0.5) is 0 Å². The molecule has 0 aliphatic carbocycles. The van der Waals surface area contributed by atoms with E-state index in [4.69, 9.17) is 5.21 Å². The fourth-order valence-electron chi connectivity index (χ4n) is 1.57. The van der Waals surface area contributed by atoms with Gasteiger partial charge in [-0.1, -0.05) is 43.7 Å². The molecule has 1 atom stereocenters. The van der Waals surface area contributed by atoms with Crippen molar-refractivity contribution in [2.24, 2.45) is 0 Å². The summed E-state index contributed by atoms with van der Waals surface area (Å²) in [6.45, 7) is 2.80. The van der Waals surface area contributed by atoms with Crippen molar-refractivity contribution in [1.29, 1.82) is 0 Å². The summed E-state index contributed by atoms with van der Waals surface area (Å²) in [5, 5.41) is 8.67. The van der Waals surface area contributed by atoms with Gasteiger partial charge in [0.05, 0.1) is 0 Å². The SMILES string of the molecule is CCCC(CNO)c1ccccc1. The smallest absolute Gasteiger partial charge is 0.0276 e. The largest absolute Gasteiger partial charge is 0.317 e. The molecule has 1 aromatic rings. The highest BCUT2D eigenvalue weighted by atomic mass is 16.5. The second kappa shape index (κ2) is 5.73. The minimum absolute atomic E-state index is 0.427. The van der Waals surface area contributed by atoms with Crippen LogP contribution in [0.5, 0.6) is 0 Å². The van der Waals surface area contributed by atoms with Gasteiger partial charge in [-0.05, 0) is 17.9 Å². The van der Waals surface area contributed by atoms with Gasteiger partial charge < -0.3 is 5.21 Å². The Hall–Kier alpha value is -0.860. The van der Waals surface area contributed by atoms with Crippen LogP contribution in [0.15, 0.2) is 30.3 Å². The van der Waals surface area contributed by atoms with Crippen molar-refractivity contribution in [3.63, 3.8) is 0 Å². The van der Waals surface area contributed by atoms with Crippen LogP contribution in [0, 0.1) is 0 Å². The summed E-state index contributed by atoms with van der Waals surface area (Å²) in [4.78, 5) is 0. The zero-order chi connectivity index (χ0) is 9.52. The van der Waals surface area contributed by atoms with Crippen molar-refractivity contribution < 1.29 is 5.21 Å². The van der Waals surface area contributed by atoms with E-state index < -0.39 is 0 Å². The predicted molar refractivity (Wildman–Crippen MR) is 53.9 cm³/mol. The van der Waals surface area contributed by atoms with E-state index in [1.54, 1.807) is 0 Å². The molecule has 1 rings (SSSR count). The Bertz CT molecular complexity index is 217. The van der Waals surface area contributed by atoms with E-state index in [0.29, 0.717) is 12.5 Å². The van der Waals surface area contributed by atoms with Crippen LogP contribution in [-0.2, 0) is 0 Å². The number of rotatable bonds is 5. The lowest BCUT2D eigenvalue weighted by molar-refractivity contribution is 0.158. The molecule has 2 N–H and O–H groups in total. The maximum absolute atomic E-state index is 8.67.